The average molecular weight is 232 g/mol. The average Bonchev–Trinajstić information content (AvgIpc) is 2.68. The van der Waals surface area contributed by atoms with Crippen LogP contribution in [0.5, 0.6) is 0 Å². The molecule has 2 aliphatic rings. The van der Waals surface area contributed by atoms with Crippen LogP contribution in [0.15, 0.2) is 12.4 Å². The Morgan fingerprint density at radius 2 is 1.82 bits per heavy atom. The molecule has 90 valence electrons. The molecule has 2 saturated heterocycles. The van der Waals surface area contributed by atoms with Crippen LogP contribution in [-0.4, -0.2) is 28.0 Å². The number of ether oxygens (including phenoxy) is 1. The first-order chi connectivity index (χ1) is 8.22. The molecule has 0 spiro atoms. The minimum Gasteiger partial charge on any atom is -0.375 e. The lowest BCUT2D eigenvalue weighted by molar-refractivity contribution is -0.0149. The summed E-state index contributed by atoms with van der Waals surface area (Å²) in [7, 11) is 0. The van der Waals surface area contributed by atoms with Gasteiger partial charge in [0.05, 0.1) is 17.8 Å². The Morgan fingerprint density at radius 3 is 2.41 bits per heavy atom. The molecule has 0 N–H and O–H groups in total. The van der Waals surface area contributed by atoms with Gasteiger partial charge in [0.1, 0.15) is 5.82 Å². The molecule has 0 radical (unpaired) electrons. The van der Waals surface area contributed by atoms with Gasteiger partial charge in [-0.05, 0) is 32.6 Å². The third-order valence-corrected chi connectivity index (χ3v) is 3.73. The fraction of sp³-hybridized carbons (Fsp3) is 0.615. The molecule has 0 saturated carbocycles. The van der Waals surface area contributed by atoms with E-state index in [2.05, 4.69) is 9.97 Å². The Bertz CT molecular complexity index is 418. The predicted molar refractivity (Wildman–Crippen MR) is 61.7 cm³/mol. The summed E-state index contributed by atoms with van der Waals surface area (Å²) in [6.45, 7) is 1.82. The zero-order valence-corrected chi connectivity index (χ0v) is 9.93. The van der Waals surface area contributed by atoms with Gasteiger partial charge in [-0.1, -0.05) is 0 Å². The zero-order valence-electron chi connectivity index (χ0n) is 9.93. The van der Waals surface area contributed by atoms with E-state index in [1.54, 1.807) is 12.4 Å². The molecule has 3 rings (SSSR count). The van der Waals surface area contributed by atoms with Crippen LogP contribution >= 0.6 is 0 Å². The molecule has 0 amide bonds. The van der Waals surface area contributed by atoms with E-state index in [4.69, 9.17) is 4.74 Å². The molecule has 1 aromatic rings. The van der Waals surface area contributed by atoms with Crippen LogP contribution in [0.25, 0.3) is 0 Å². The van der Waals surface area contributed by atoms with Crippen LogP contribution < -0.4 is 0 Å². The van der Waals surface area contributed by atoms with E-state index in [1.165, 1.54) is 0 Å². The highest BCUT2D eigenvalue weighted by Crippen LogP contribution is 2.37. The Labute approximate surface area is 100 Å². The van der Waals surface area contributed by atoms with Gasteiger partial charge in [-0.3, -0.25) is 4.79 Å². The van der Waals surface area contributed by atoms with Gasteiger partial charge in [0.25, 0.3) is 0 Å². The van der Waals surface area contributed by atoms with Crippen molar-refractivity contribution in [1.82, 2.24) is 9.97 Å². The molecule has 2 unspecified atom stereocenters. The van der Waals surface area contributed by atoms with E-state index in [-0.39, 0.29) is 11.7 Å². The molecule has 4 nitrogen and oxygen atoms in total. The largest absolute Gasteiger partial charge is 0.375 e. The molecule has 0 aromatic carbocycles. The first-order valence-electron chi connectivity index (χ1n) is 6.20. The lowest BCUT2D eigenvalue weighted by atomic mass is 9.89. The quantitative estimate of drug-likeness (QED) is 0.731. The Hall–Kier alpha value is -1.29. The maximum atomic E-state index is 12.3. The second kappa shape index (κ2) is 4.18. The highest BCUT2D eigenvalue weighted by Gasteiger charge is 2.38. The number of carbonyl (C=O) groups excluding carboxylic acids is 1. The number of aryl methyl sites for hydroxylation is 1. The normalized spacial score (nSPS) is 31.5. The maximum absolute atomic E-state index is 12.3. The standard InChI is InChI=1S/C13H16N2O2/c1-8-14-6-10(7-15-8)13(16)9-4-11-2-3-12(5-9)17-11/h6-7,9,11-12H,2-5H2,1H3. The number of Topliss-reactive ketones (excluding diaryl/α,β-unsaturated/α-hetero) is 1. The van der Waals surface area contributed by atoms with E-state index in [1.807, 2.05) is 6.92 Å². The van der Waals surface area contributed by atoms with Crippen molar-refractivity contribution in [3.8, 4) is 0 Å². The summed E-state index contributed by atoms with van der Waals surface area (Å²) in [5.74, 6) is 0.992. The summed E-state index contributed by atoms with van der Waals surface area (Å²) in [6, 6.07) is 0. The molecular formula is C13H16N2O2. The summed E-state index contributed by atoms with van der Waals surface area (Å²) < 4.78 is 5.75. The highest BCUT2D eigenvalue weighted by atomic mass is 16.5. The molecule has 2 atom stereocenters. The summed E-state index contributed by atoms with van der Waals surface area (Å²) in [5, 5.41) is 0. The second-order valence-electron chi connectivity index (χ2n) is 5.01. The summed E-state index contributed by atoms with van der Waals surface area (Å²) in [4.78, 5) is 20.5. The molecular weight excluding hydrogens is 216 g/mol. The first-order valence-corrected chi connectivity index (χ1v) is 6.20. The first kappa shape index (κ1) is 10.8. The van der Waals surface area contributed by atoms with Gasteiger partial charge in [0.2, 0.25) is 0 Å². The fourth-order valence-electron chi connectivity index (χ4n) is 2.83. The Morgan fingerprint density at radius 1 is 1.24 bits per heavy atom. The Kier molecular flexibility index (Phi) is 2.67. The van der Waals surface area contributed by atoms with Gasteiger partial charge in [0.15, 0.2) is 5.78 Å². The maximum Gasteiger partial charge on any atom is 0.169 e. The van der Waals surface area contributed by atoms with E-state index < -0.39 is 0 Å². The number of carbonyl (C=O) groups is 1. The number of ketones is 1. The number of hydrogen-bond donors (Lipinski definition) is 0. The van der Waals surface area contributed by atoms with Crippen molar-refractivity contribution in [2.75, 3.05) is 0 Å². The van der Waals surface area contributed by atoms with Gasteiger partial charge in [0, 0.05) is 18.3 Å². The van der Waals surface area contributed by atoms with Crippen LogP contribution in [0.4, 0.5) is 0 Å². The van der Waals surface area contributed by atoms with E-state index in [0.29, 0.717) is 23.6 Å². The molecule has 2 fully saturated rings. The van der Waals surface area contributed by atoms with Crippen molar-refractivity contribution in [1.29, 1.82) is 0 Å². The van der Waals surface area contributed by atoms with Gasteiger partial charge in [-0.15, -0.1) is 0 Å². The van der Waals surface area contributed by atoms with Crippen molar-refractivity contribution < 1.29 is 9.53 Å². The van der Waals surface area contributed by atoms with Crippen LogP contribution in [0.3, 0.4) is 0 Å². The van der Waals surface area contributed by atoms with E-state index in [9.17, 15) is 4.79 Å². The minimum atomic E-state index is 0.104. The third-order valence-electron chi connectivity index (χ3n) is 3.73. The van der Waals surface area contributed by atoms with Crippen molar-refractivity contribution in [3.63, 3.8) is 0 Å². The van der Waals surface area contributed by atoms with Crippen molar-refractivity contribution in [2.24, 2.45) is 5.92 Å². The van der Waals surface area contributed by atoms with Crippen molar-refractivity contribution in [3.05, 3.63) is 23.8 Å². The molecule has 2 bridgehead atoms. The van der Waals surface area contributed by atoms with Gasteiger partial charge >= 0.3 is 0 Å². The SMILES string of the molecule is Cc1ncc(C(=O)C2CC3CCC(C2)O3)cn1. The second-order valence-corrected chi connectivity index (χ2v) is 5.01. The molecule has 2 aliphatic heterocycles. The predicted octanol–water partition coefficient (Wildman–Crippen LogP) is 1.93. The molecule has 4 heteroatoms. The summed E-state index contributed by atoms with van der Waals surface area (Å²) in [5.41, 5.74) is 0.641. The molecule has 3 heterocycles. The molecule has 1 aromatic heterocycles. The van der Waals surface area contributed by atoms with Crippen molar-refractivity contribution in [2.45, 2.75) is 44.8 Å². The summed E-state index contributed by atoms with van der Waals surface area (Å²) in [6.07, 6.45) is 7.83. The molecule has 17 heavy (non-hydrogen) atoms. The van der Waals surface area contributed by atoms with Crippen LogP contribution in [0.2, 0.25) is 0 Å². The van der Waals surface area contributed by atoms with Gasteiger partial charge in [-0.25, -0.2) is 9.97 Å². The monoisotopic (exact) mass is 232 g/mol. The van der Waals surface area contributed by atoms with Crippen molar-refractivity contribution >= 4 is 5.78 Å². The van der Waals surface area contributed by atoms with E-state index >= 15 is 0 Å². The number of rotatable bonds is 2. The topological polar surface area (TPSA) is 52.1 Å². The smallest absolute Gasteiger partial charge is 0.169 e. The minimum absolute atomic E-state index is 0.104. The van der Waals surface area contributed by atoms with Gasteiger partial charge in [-0.2, -0.15) is 0 Å². The zero-order chi connectivity index (χ0) is 11.8. The Balaban J connectivity index is 1.76. The van der Waals surface area contributed by atoms with Gasteiger partial charge < -0.3 is 4.74 Å². The van der Waals surface area contributed by atoms with Crippen LogP contribution in [0.1, 0.15) is 41.9 Å². The number of aromatic nitrogens is 2. The lowest BCUT2D eigenvalue weighted by Gasteiger charge is -2.27. The number of fused-ring (bicyclic) bond motifs is 2. The molecule has 0 aliphatic carbocycles. The lowest BCUT2D eigenvalue weighted by Crippen LogP contribution is -2.30. The fourth-order valence-corrected chi connectivity index (χ4v) is 2.83. The number of nitrogens with zero attached hydrogens (tertiary/aromatic N) is 2. The number of hydrogen-bond acceptors (Lipinski definition) is 4. The summed E-state index contributed by atoms with van der Waals surface area (Å²) >= 11 is 0. The third kappa shape index (κ3) is 2.09. The highest BCUT2D eigenvalue weighted by molar-refractivity contribution is 5.97. The van der Waals surface area contributed by atoms with Crippen LogP contribution in [0, 0.1) is 12.8 Å². The van der Waals surface area contributed by atoms with E-state index in [0.717, 1.165) is 25.7 Å². The van der Waals surface area contributed by atoms with Crippen LogP contribution in [-0.2, 0) is 4.74 Å².